The van der Waals surface area contributed by atoms with Gasteiger partial charge in [-0.25, -0.2) is 0 Å². The number of ether oxygens (including phenoxy) is 1. The summed E-state index contributed by atoms with van der Waals surface area (Å²) in [6.45, 7) is 3.37. The average molecular weight is 442 g/mol. The first-order valence-electron chi connectivity index (χ1n) is 11.3. The van der Waals surface area contributed by atoms with Gasteiger partial charge < -0.3 is 14.6 Å². The molecule has 1 N–H and O–H groups in total. The number of nitrogens with one attached hydrogen (secondary N) is 1. The summed E-state index contributed by atoms with van der Waals surface area (Å²) in [4.78, 5) is 26.4. The maximum atomic E-state index is 13.2. The van der Waals surface area contributed by atoms with Crippen LogP contribution in [-0.2, 0) is 24.3 Å². The van der Waals surface area contributed by atoms with Gasteiger partial charge in [0, 0.05) is 13.0 Å². The Morgan fingerprint density at radius 1 is 1.15 bits per heavy atom. The predicted molar refractivity (Wildman–Crippen MR) is 125 cm³/mol. The number of rotatable bonds is 8. The average Bonchev–Trinajstić information content (AvgIpc) is 3.26. The zero-order valence-electron chi connectivity index (χ0n) is 18.7. The van der Waals surface area contributed by atoms with Gasteiger partial charge in [-0.2, -0.15) is 5.26 Å². The number of aryl methyl sites for hydroxylation is 1. The maximum Gasteiger partial charge on any atom is 0.253 e. The van der Waals surface area contributed by atoms with Crippen LogP contribution in [0.4, 0.5) is 0 Å². The molecule has 0 spiro atoms. The molecule has 1 aliphatic rings. The molecule has 1 aromatic heterocycles. The van der Waals surface area contributed by atoms with Gasteiger partial charge in [-0.15, -0.1) is 0 Å². The Morgan fingerprint density at radius 2 is 1.91 bits per heavy atom. The normalized spacial score (nSPS) is 13.6. The number of aromatic nitrogens is 1. The van der Waals surface area contributed by atoms with E-state index in [2.05, 4.69) is 11.4 Å². The Bertz CT molecular complexity index is 1190. The third kappa shape index (κ3) is 4.89. The standard InChI is InChI=1S/C27H27N3O3/c1-2-23(20-9-4-3-5-10-20)29-27(32)22-16-24(30-14-15-33-18-25(22)30)26(31)13-12-19-8-6-7-11-21(19)17-28/h3-11,16,23H,2,12-15,18H2,1H3,(H,29,32)/t23-/m1/s1. The van der Waals surface area contributed by atoms with Crippen molar-refractivity contribution in [3.05, 3.63) is 94.3 Å². The number of Topliss-reactive ketones (excluding diaryl/α,β-unsaturated/α-hetero) is 1. The fourth-order valence-corrected chi connectivity index (χ4v) is 4.32. The highest BCUT2D eigenvalue weighted by Gasteiger charge is 2.27. The van der Waals surface area contributed by atoms with Crippen LogP contribution in [-0.4, -0.2) is 22.9 Å². The third-order valence-electron chi connectivity index (χ3n) is 6.11. The first kappa shape index (κ1) is 22.5. The molecule has 0 aliphatic carbocycles. The van der Waals surface area contributed by atoms with E-state index in [-0.39, 0.29) is 24.2 Å². The summed E-state index contributed by atoms with van der Waals surface area (Å²) >= 11 is 0. The third-order valence-corrected chi connectivity index (χ3v) is 6.11. The lowest BCUT2D eigenvalue weighted by Gasteiger charge is -2.20. The fraction of sp³-hybridized carbons (Fsp3) is 0.296. The van der Waals surface area contributed by atoms with Crippen LogP contribution in [0.2, 0.25) is 0 Å². The molecule has 0 saturated heterocycles. The van der Waals surface area contributed by atoms with Gasteiger partial charge in [0.15, 0.2) is 5.78 Å². The molecule has 0 bridgehead atoms. The molecule has 33 heavy (non-hydrogen) atoms. The van der Waals surface area contributed by atoms with Crippen molar-refractivity contribution in [2.24, 2.45) is 0 Å². The van der Waals surface area contributed by atoms with Crippen LogP contribution in [0.3, 0.4) is 0 Å². The Balaban J connectivity index is 1.55. The number of hydrogen-bond acceptors (Lipinski definition) is 4. The number of carbonyl (C=O) groups excluding carboxylic acids is 2. The van der Waals surface area contributed by atoms with E-state index in [4.69, 9.17) is 4.74 Å². The van der Waals surface area contributed by atoms with Gasteiger partial charge in [-0.05, 0) is 36.1 Å². The number of ketones is 1. The van der Waals surface area contributed by atoms with Crippen LogP contribution >= 0.6 is 0 Å². The van der Waals surface area contributed by atoms with Crippen LogP contribution in [0, 0.1) is 11.3 Å². The second kappa shape index (κ2) is 10.3. The summed E-state index contributed by atoms with van der Waals surface area (Å²) in [5, 5.41) is 12.4. The van der Waals surface area contributed by atoms with Crippen LogP contribution < -0.4 is 5.32 Å². The van der Waals surface area contributed by atoms with Gasteiger partial charge in [-0.3, -0.25) is 9.59 Å². The molecule has 0 fully saturated rings. The van der Waals surface area contributed by atoms with E-state index in [9.17, 15) is 14.9 Å². The van der Waals surface area contributed by atoms with E-state index in [0.717, 1.165) is 23.2 Å². The SMILES string of the molecule is CC[C@@H](NC(=O)c1cc(C(=O)CCc2ccccc2C#N)n2c1COCC2)c1ccccc1. The lowest BCUT2D eigenvalue weighted by atomic mass is 10.0. The first-order valence-corrected chi connectivity index (χ1v) is 11.3. The van der Waals surface area contributed by atoms with Gasteiger partial charge in [0.25, 0.3) is 5.91 Å². The van der Waals surface area contributed by atoms with Crippen molar-refractivity contribution in [2.45, 2.75) is 45.4 Å². The molecule has 1 aliphatic heterocycles. The van der Waals surface area contributed by atoms with E-state index in [0.29, 0.717) is 43.0 Å². The van der Waals surface area contributed by atoms with Gasteiger partial charge in [0.05, 0.1) is 47.8 Å². The van der Waals surface area contributed by atoms with Gasteiger partial charge in [0.2, 0.25) is 0 Å². The summed E-state index contributed by atoms with van der Waals surface area (Å²) in [5.74, 6) is -0.242. The van der Waals surface area contributed by atoms with Crippen molar-refractivity contribution in [1.82, 2.24) is 9.88 Å². The number of carbonyl (C=O) groups is 2. The number of benzene rings is 2. The van der Waals surface area contributed by atoms with E-state index in [1.165, 1.54) is 0 Å². The number of nitrogens with zero attached hydrogens (tertiary/aromatic N) is 2. The van der Waals surface area contributed by atoms with Crippen molar-refractivity contribution in [3.8, 4) is 6.07 Å². The van der Waals surface area contributed by atoms with E-state index in [1.807, 2.05) is 60.0 Å². The molecule has 1 amide bonds. The van der Waals surface area contributed by atoms with Crippen LogP contribution in [0.25, 0.3) is 0 Å². The summed E-state index contributed by atoms with van der Waals surface area (Å²) < 4.78 is 7.52. The van der Waals surface area contributed by atoms with Crippen molar-refractivity contribution >= 4 is 11.7 Å². The monoisotopic (exact) mass is 441 g/mol. The molecule has 0 saturated carbocycles. The second-order valence-corrected chi connectivity index (χ2v) is 8.13. The van der Waals surface area contributed by atoms with E-state index in [1.54, 1.807) is 12.1 Å². The van der Waals surface area contributed by atoms with E-state index < -0.39 is 0 Å². The molecule has 168 valence electrons. The van der Waals surface area contributed by atoms with Crippen LogP contribution in [0.5, 0.6) is 0 Å². The van der Waals surface area contributed by atoms with E-state index >= 15 is 0 Å². The van der Waals surface area contributed by atoms with Gasteiger partial charge >= 0.3 is 0 Å². The molecule has 2 aromatic carbocycles. The highest BCUT2D eigenvalue weighted by Crippen LogP contribution is 2.25. The molecule has 2 heterocycles. The van der Waals surface area contributed by atoms with Gasteiger partial charge in [-0.1, -0.05) is 55.5 Å². The van der Waals surface area contributed by atoms with Crippen molar-refractivity contribution in [1.29, 1.82) is 5.26 Å². The Hall–Kier alpha value is -3.69. The highest BCUT2D eigenvalue weighted by molar-refractivity contribution is 6.01. The Morgan fingerprint density at radius 3 is 2.67 bits per heavy atom. The number of fused-ring (bicyclic) bond motifs is 1. The molecule has 3 aromatic rings. The zero-order valence-corrected chi connectivity index (χ0v) is 18.7. The lowest BCUT2D eigenvalue weighted by molar-refractivity contribution is 0.0782. The number of amides is 1. The van der Waals surface area contributed by atoms with Crippen molar-refractivity contribution in [3.63, 3.8) is 0 Å². The first-order chi connectivity index (χ1) is 16.1. The molecule has 0 unspecified atom stereocenters. The summed E-state index contributed by atoms with van der Waals surface area (Å²) in [5.41, 5.74) is 4.24. The molecule has 0 radical (unpaired) electrons. The molecule has 1 atom stereocenters. The van der Waals surface area contributed by atoms with Crippen LogP contribution in [0.15, 0.2) is 60.7 Å². The Labute approximate surface area is 193 Å². The number of nitriles is 1. The lowest BCUT2D eigenvalue weighted by Crippen LogP contribution is -2.29. The predicted octanol–water partition coefficient (Wildman–Crippen LogP) is 4.59. The topological polar surface area (TPSA) is 84.1 Å². The zero-order chi connectivity index (χ0) is 23.2. The number of hydrogen-bond donors (Lipinski definition) is 1. The molecule has 4 rings (SSSR count). The van der Waals surface area contributed by atoms with Crippen molar-refractivity contribution < 1.29 is 14.3 Å². The summed E-state index contributed by atoms with van der Waals surface area (Å²) in [6, 6.07) is 21.0. The highest BCUT2D eigenvalue weighted by atomic mass is 16.5. The molecular weight excluding hydrogens is 414 g/mol. The molecular formula is C27H27N3O3. The van der Waals surface area contributed by atoms with Crippen LogP contribution in [0.1, 0.15) is 69.0 Å². The Kier molecular flexibility index (Phi) is 7.01. The molecule has 6 heteroatoms. The maximum absolute atomic E-state index is 13.2. The van der Waals surface area contributed by atoms with Crippen molar-refractivity contribution in [2.75, 3.05) is 6.61 Å². The largest absolute Gasteiger partial charge is 0.373 e. The quantitative estimate of drug-likeness (QED) is 0.519. The minimum Gasteiger partial charge on any atom is -0.373 e. The summed E-state index contributed by atoms with van der Waals surface area (Å²) in [6.07, 6.45) is 1.51. The minimum absolute atomic E-state index is 0.0416. The van der Waals surface area contributed by atoms with Gasteiger partial charge in [0.1, 0.15) is 0 Å². The smallest absolute Gasteiger partial charge is 0.253 e. The second-order valence-electron chi connectivity index (χ2n) is 8.13. The molecule has 6 nitrogen and oxygen atoms in total. The minimum atomic E-state index is -0.200. The fourth-order valence-electron chi connectivity index (χ4n) is 4.32. The summed E-state index contributed by atoms with van der Waals surface area (Å²) in [7, 11) is 0.